The Morgan fingerprint density at radius 1 is 1.07 bits per heavy atom. The number of aryl methyl sites for hydroxylation is 1. The monoisotopic (exact) mass is 218 g/mol. The predicted octanol–water partition coefficient (Wildman–Crippen LogP) is 3.66. The molecular formula is C13H14OS. The van der Waals surface area contributed by atoms with Crippen LogP contribution in [0.4, 0.5) is 0 Å². The SMILES string of the molecule is COc1ccc(Cc2ccc(C)s2)cc1. The molecule has 0 amide bonds. The maximum Gasteiger partial charge on any atom is 0.118 e. The van der Waals surface area contributed by atoms with Crippen molar-refractivity contribution in [2.24, 2.45) is 0 Å². The second-order valence-corrected chi connectivity index (χ2v) is 4.91. The maximum atomic E-state index is 5.13. The third kappa shape index (κ3) is 2.60. The smallest absolute Gasteiger partial charge is 0.118 e. The molecule has 0 fully saturated rings. The zero-order valence-corrected chi connectivity index (χ0v) is 9.80. The number of benzene rings is 1. The summed E-state index contributed by atoms with van der Waals surface area (Å²) >= 11 is 1.86. The predicted molar refractivity (Wildman–Crippen MR) is 64.9 cm³/mol. The Morgan fingerprint density at radius 3 is 2.33 bits per heavy atom. The minimum Gasteiger partial charge on any atom is -0.497 e. The molecule has 0 N–H and O–H groups in total. The molecule has 78 valence electrons. The average molecular weight is 218 g/mol. The van der Waals surface area contributed by atoms with E-state index in [0.717, 1.165) is 12.2 Å². The highest BCUT2D eigenvalue weighted by atomic mass is 32.1. The topological polar surface area (TPSA) is 9.23 Å². The van der Waals surface area contributed by atoms with Gasteiger partial charge < -0.3 is 4.74 Å². The van der Waals surface area contributed by atoms with Crippen LogP contribution in [0.5, 0.6) is 5.75 Å². The summed E-state index contributed by atoms with van der Waals surface area (Å²) in [6.07, 6.45) is 1.02. The lowest BCUT2D eigenvalue weighted by Gasteiger charge is -2.01. The van der Waals surface area contributed by atoms with E-state index in [2.05, 4.69) is 31.2 Å². The molecule has 0 unspecified atom stereocenters. The van der Waals surface area contributed by atoms with E-state index in [1.165, 1.54) is 15.3 Å². The number of thiophene rings is 1. The number of hydrogen-bond donors (Lipinski definition) is 0. The van der Waals surface area contributed by atoms with Crippen LogP contribution in [0, 0.1) is 6.92 Å². The van der Waals surface area contributed by atoms with E-state index in [-0.39, 0.29) is 0 Å². The average Bonchev–Trinajstić information content (AvgIpc) is 2.65. The molecule has 0 aliphatic rings. The molecule has 2 heteroatoms. The number of methoxy groups -OCH3 is 1. The second-order valence-electron chi connectivity index (χ2n) is 3.54. The molecule has 1 heterocycles. The summed E-state index contributed by atoms with van der Waals surface area (Å²) in [4.78, 5) is 2.79. The van der Waals surface area contributed by atoms with Gasteiger partial charge in [-0.05, 0) is 36.8 Å². The van der Waals surface area contributed by atoms with Crippen LogP contribution in [0.2, 0.25) is 0 Å². The Bertz CT molecular complexity index is 428. The lowest BCUT2D eigenvalue weighted by Crippen LogP contribution is -1.86. The van der Waals surface area contributed by atoms with Crippen molar-refractivity contribution in [2.75, 3.05) is 7.11 Å². The molecular weight excluding hydrogens is 204 g/mol. The van der Waals surface area contributed by atoms with Crippen LogP contribution < -0.4 is 4.74 Å². The van der Waals surface area contributed by atoms with Gasteiger partial charge in [-0.2, -0.15) is 0 Å². The lowest BCUT2D eigenvalue weighted by molar-refractivity contribution is 0.414. The van der Waals surface area contributed by atoms with Crippen molar-refractivity contribution in [2.45, 2.75) is 13.3 Å². The van der Waals surface area contributed by atoms with E-state index >= 15 is 0 Å². The fraction of sp³-hybridized carbons (Fsp3) is 0.231. The van der Waals surface area contributed by atoms with Crippen molar-refractivity contribution in [3.8, 4) is 5.75 Å². The highest BCUT2D eigenvalue weighted by Crippen LogP contribution is 2.20. The molecule has 0 bridgehead atoms. The first-order valence-electron chi connectivity index (χ1n) is 4.96. The zero-order valence-electron chi connectivity index (χ0n) is 8.99. The molecule has 0 aliphatic carbocycles. The molecule has 0 aliphatic heterocycles. The van der Waals surface area contributed by atoms with Gasteiger partial charge in [-0.25, -0.2) is 0 Å². The Balaban J connectivity index is 2.11. The second kappa shape index (κ2) is 4.49. The zero-order chi connectivity index (χ0) is 10.7. The third-order valence-corrected chi connectivity index (χ3v) is 3.33. The van der Waals surface area contributed by atoms with Crippen LogP contribution >= 0.6 is 11.3 Å². The van der Waals surface area contributed by atoms with Crippen molar-refractivity contribution in [3.63, 3.8) is 0 Å². The van der Waals surface area contributed by atoms with E-state index in [4.69, 9.17) is 4.74 Å². The molecule has 0 saturated carbocycles. The summed E-state index contributed by atoms with van der Waals surface area (Å²) in [5.74, 6) is 0.918. The molecule has 2 aromatic rings. The molecule has 15 heavy (non-hydrogen) atoms. The van der Waals surface area contributed by atoms with Crippen molar-refractivity contribution in [3.05, 3.63) is 51.7 Å². The molecule has 0 saturated heterocycles. The Labute approximate surface area is 94.3 Å². The highest BCUT2D eigenvalue weighted by molar-refractivity contribution is 7.11. The van der Waals surface area contributed by atoms with Crippen molar-refractivity contribution >= 4 is 11.3 Å². The van der Waals surface area contributed by atoms with Crippen LogP contribution in [0.3, 0.4) is 0 Å². The Morgan fingerprint density at radius 2 is 1.80 bits per heavy atom. The van der Waals surface area contributed by atoms with E-state index in [1.807, 2.05) is 23.5 Å². The fourth-order valence-corrected chi connectivity index (χ4v) is 2.45. The normalized spacial score (nSPS) is 10.3. The van der Waals surface area contributed by atoms with E-state index in [1.54, 1.807) is 7.11 Å². The van der Waals surface area contributed by atoms with Gasteiger partial charge in [0.2, 0.25) is 0 Å². The first-order chi connectivity index (χ1) is 7.28. The van der Waals surface area contributed by atoms with Crippen molar-refractivity contribution in [1.82, 2.24) is 0 Å². The molecule has 0 radical (unpaired) electrons. The van der Waals surface area contributed by atoms with Crippen LogP contribution in [0.25, 0.3) is 0 Å². The van der Waals surface area contributed by atoms with Gasteiger partial charge in [-0.1, -0.05) is 12.1 Å². The largest absolute Gasteiger partial charge is 0.497 e. The van der Waals surface area contributed by atoms with Crippen LogP contribution in [-0.2, 0) is 6.42 Å². The summed E-state index contributed by atoms with van der Waals surface area (Å²) in [6, 6.07) is 12.6. The van der Waals surface area contributed by atoms with Gasteiger partial charge >= 0.3 is 0 Å². The fourth-order valence-electron chi connectivity index (χ4n) is 1.52. The van der Waals surface area contributed by atoms with Gasteiger partial charge in [0.1, 0.15) is 5.75 Å². The minimum absolute atomic E-state index is 0.918. The van der Waals surface area contributed by atoms with Gasteiger partial charge in [0.15, 0.2) is 0 Å². The van der Waals surface area contributed by atoms with Gasteiger partial charge in [0, 0.05) is 16.2 Å². The standard InChI is InChI=1S/C13H14OS/c1-10-3-8-13(15-10)9-11-4-6-12(14-2)7-5-11/h3-8H,9H2,1-2H3. The molecule has 0 atom stereocenters. The van der Waals surface area contributed by atoms with Crippen molar-refractivity contribution < 1.29 is 4.74 Å². The van der Waals surface area contributed by atoms with Gasteiger partial charge in [-0.3, -0.25) is 0 Å². The summed E-state index contributed by atoms with van der Waals surface area (Å²) in [5, 5.41) is 0. The van der Waals surface area contributed by atoms with E-state index < -0.39 is 0 Å². The summed E-state index contributed by atoms with van der Waals surface area (Å²) in [6.45, 7) is 2.14. The highest BCUT2D eigenvalue weighted by Gasteiger charge is 1.99. The molecule has 0 spiro atoms. The molecule has 2 rings (SSSR count). The molecule has 1 nitrogen and oxygen atoms in total. The maximum absolute atomic E-state index is 5.13. The number of hydrogen-bond acceptors (Lipinski definition) is 2. The molecule has 1 aromatic heterocycles. The van der Waals surface area contributed by atoms with Gasteiger partial charge in [0.25, 0.3) is 0 Å². The number of ether oxygens (including phenoxy) is 1. The number of rotatable bonds is 3. The first-order valence-corrected chi connectivity index (χ1v) is 5.78. The van der Waals surface area contributed by atoms with Gasteiger partial charge in [-0.15, -0.1) is 11.3 Å². The van der Waals surface area contributed by atoms with Crippen LogP contribution in [0.15, 0.2) is 36.4 Å². The third-order valence-electron chi connectivity index (χ3n) is 2.33. The van der Waals surface area contributed by atoms with Crippen LogP contribution in [0.1, 0.15) is 15.3 Å². The van der Waals surface area contributed by atoms with Gasteiger partial charge in [0.05, 0.1) is 7.11 Å². The quantitative estimate of drug-likeness (QED) is 0.764. The Kier molecular flexibility index (Phi) is 3.07. The van der Waals surface area contributed by atoms with E-state index in [0.29, 0.717) is 0 Å². The van der Waals surface area contributed by atoms with Crippen LogP contribution in [-0.4, -0.2) is 7.11 Å². The lowest BCUT2D eigenvalue weighted by atomic mass is 10.1. The first kappa shape index (κ1) is 10.2. The van der Waals surface area contributed by atoms with Crippen molar-refractivity contribution in [1.29, 1.82) is 0 Å². The molecule has 1 aromatic carbocycles. The summed E-state index contributed by atoms with van der Waals surface area (Å²) in [7, 11) is 1.69. The summed E-state index contributed by atoms with van der Waals surface area (Å²) in [5.41, 5.74) is 1.33. The summed E-state index contributed by atoms with van der Waals surface area (Å²) < 4.78 is 5.13. The Hall–Kier alpha value is -1.28. The minimum atomic E-state index is 0.918. The van der Waals surface area contributed by atoms with E-state index in [9.17, 15) is 0 Å².